The summed E-state index contributed by atoms with van der Waals surface area (Å²) in [5, 5.41) is 12.5. The van der Waals surface area contributed by atoms with Crippen LogP contribution in [0.5, 0.6) is 11.5 Å². The Hall–Kier alpha value is -5.05. The largest absolute Gasteiger partial charge is 0.493 e. The molecule has 0 bridgehead atoms. The number of nitrogens with two attached hydrogens (primary N) is 1. The minimum atomic E-state index is -0.308. The van der Waals surface area contributed by atoms with Crippen LogP contribution < -0.4 is 36.5 Å². The molecule has 0 spiro atoms. The first-order valence-electron chi connectivity index (χ1n) is 15.1. The fourth-order valence-electron chi connectivity index (χ4n) is 4.39. The molecule has 1 amide bonds. The van der Waals surface area contributed by atoms with E-state index in [1.54, 1.807) is 26.4 Å². The van der Waals surface area contributed by atoms with Crippen LogP contribution in [0.2, 0.25) is 0 Å². The van der Waals surface area contributed by atoms with Crippen molar-refractivity contribution in [3.63, 3.8) is 0 Å². The highest BCUT2D eigenvalue weighted by Gasteiger charge is 2.12. The van der Waals surface area contributed by atoms with Crippen molar-refractivity contribution in [1.29, 1.82) is 0 Å². The third kappa shape index (κ3) is 11.7. The SMILES string of the molecule is COc1cccc(CNc2nc(NCc3ccc(F)cc3)nc(Nc3ccc(CC(=O)NCCOCCOCCN)cc3)n2)c1OC. The third-order valence-corrected chi connectivity index (χ3v) is 6.70. The molecule has 47 heavy (non-hydrogen) atoms. The molecule has 0 fully saturated rings. The number of halogens is 1. The van der Waals surface area contributed by atoms with E-state index in [0.29, 0.717) is 82.0 Å². The summed E-state index contributed by atoms with van der Waals surface area (Å²) in [6.07, 6.45) is 0.227. The number of carbonyl (C=O) groups excluding carboxylic acids is 1. The first-order valence-corrected chi connectivity index (χ1v) is 15.1. The van der Waals surface area contributed by atoms with Gasteiger partial charge in [-0.3, -0.25) is 4.79 Å². The number of hydrogen-bond acceptors (Lipinski definition) is 12. The fraction of sp³-hybridized carbons (Fsp3) is 0.333. The van der Waals surface area contributed by atoms with Gasteiger partial charge in [0.1, 0.15) is 5.82 Å². The minimum Gasteiger partial charge on any atom is -0.493 e. The lowest BCUT2D eigenvalue weighted by molar-refractivity contribution is -0.120. The van der Waals surface area contributed by atoms with Gasteiger partial charge in [0, 0.05) is 37.4 Å². The Bertz CT molecular complexity index is 1540. The standard InChI is InChI=1S/C33H41FN8O5/c1-44-28-5-3-4-25(30(28)45-2)22-38-32-40-31(37-21-24-6-10-26(34)11-7-24)41-33(42-32)39-27-12-8-23(9-13-27)20-29(43)36-15-17-47-19-18-46-16-14-35/h3-13H,14-22,35H2,1-2H3,(H,36,43)(H3,37,38,39,40,41,42). The molecule has 6 N–H and O–H groups in total. The number of rotatable bonds is 20. The quantitative estimate of drug-likeness (QED) is 0.0885. The zero-order valence-corrected chi connectivity index (χ0v) is 26.6. The minimum absolute atomic E-state index is 0.105. The zero-order valence-electron chi connectivity index (χ0n) is 26.6. The molecule has 250 valence electrons. The van der Waals surface area contributed by atoms with Crippen molar-refractivity contribution in [2.24, 2.45) is 5.73 Å². The molecule has 4 rings (SSSR count). The molecular formula is C33H41FN8O5. The Morgan fingerprint density at radius 1 is 0.766 bits per heavy atom. The normalized spacial score (nSPS) is 10.7. The summed E-state index contributed by atoms with van der Waals surface area (Å²) >= 11 is 0. The molecule has 4 aromatic rings. The average molecular weight is 649 g/mol. The van der Waals surface area contributed by atoms with Gasteiger partial charge in [-0.25, -0.2) is 4.39 Å². The number of aromatic nitrogens is 3. The predicted octanol–water partition coefficient (Wildman–Crippen LogP) is 3.65. The monoisotopic (exact) mass is 648 g/mol. The van der Waals surface area contributed by atoms with Gasteiger partial charge in [0.15, 0.2) is 11.5 Å². The van der Waals surface area contributed by atoms with Crippen LogP contribution in [-0.2, 0) is 33.8 Å². The molecule has 13 nitrogen and oxygen atoms in total. The molecule has 0 saturated carbocycles. The maximum atomic E-state index is 13.4. The van der Waals surface area contributed by atoms with E-state index in [1.807, 2.05) is 42.5 Å². The molecule has 1 heterocycles. The number of anilines is 4. The smallest absolute Gasteiger partial charge is 0.233 e. The number of hydrogen-bond donors (Lipinski definition) is 5. The van der Waals surface area contributed by atoms with Gasteiger partial charge in [-0.05, 0) is 41.5 Å². The number of amides is 1. The van der Waals surface area contributed by atoms with Crippen LogP contribution in [0.3, 0.4) is 0 Å². The Labute approximate surface area is 273 Å². The summed E-state index contributed by atoms with van der Waals surface area (Å²) in [6, 6.07) is 19.2. The molecule has 0 aliphatic heterocycles. The lowest BCUT2D eigenvalue weighted by Crippen LogP contribution is -2.29. The summed E-state index contributed by atoms with van der Waals surface area (Å²) in [4.78, 5) is 26.0. The Kier molecular flexibility index (Phi) is 13.9. The van der Waals surface area contributed by atoms with Crippen LogP contribution >= 0.6 is 0 Å². The van der Waals surface area contributed by atoms with Crippen LogP contribution in [0.25, 0.3) is 0 Å². The van der Waals surface area contributed by atoms with Crippen molar-refractivity contribution < 1.29 is 28.1 Å². The first kappa shape index (κ1) is 34.8. The zero-order chi connectivity index (χ0) is 33.3. The van der Waals surface area contributed by atoms with Crippen molar-refractivity contribution in [3.05, 3.63) is 89.2 Å². The summed E-state index contributed by atoms with van der Waals surface area (Å²) in [5.74, 6) is 1.73. The molecule has 3 aromatic carbocycles. The van der Waals surface area contributed by atoms with Gasteiger partial charge in [0.05, 0.1) is 47.1 Å². The molecule has 0 aliphatic rings. The van der Waals surface area contributed by atoms with Crippen LogP contribution in [0.1, 0.15) is 16.7 Å². The van der Waals surface area contributed by atoms with E-state index in [1.165, 1.54) is 12.1 Å². The molecule has 0 radical (unpaired) electrons. The number of para-hydroxylation sites is 1. The fourth-order valence-corrected chi connectivity index (χ4v) is 4.39. The van der Waals surface area contributed by atoms with E-state index in [-0.39, 0.29) is 18.1 Å². The van der Waals surface area contributed by atoms with Crippen molar-refractivity contribution in [3.8, 4) is 11.5 Å². The molecule has 1 aromatic heterocycles. The maximum absolute atomic E-state index is 13.4. The lowest BCUT2D eigenvalue weighted by Gasteiger charge is -2.14. The molecule has 14 heteroatoms. The lowest BCUT2D eigenvalue weighted by atomic mass is 10.1. The van der Waals surface area contributed by atoms with Gasteiger partial charge in [-0.15, -0.1) is 0 Å². The number of methoxy groups -OCH3 is 2. The van der Waals surface area contributed by atoms with Crippen LogP contribution in [0.15, 0.2) is 66.7 Å². The summed E-state index contributed by atoms with van der Waals surface area (Å²) in [5.41, 5.74) is 8.64. The van der Waals surface area contributed by atoms with E-state index in [4.69, 9.17) is 24.7 Å². The Morgan fingerprint density at radius 3 is 2.11 bits per heavy atom. The number of benzene rings is 3. The van der Waals surface area contributed by atoms with Gasteiger partial charge in [-0.2, -0.15) is 15.0 Å². The van der Waals surface area contributed by atoms with E-state index >= 15 is 0 Å². The van der Waals surface area contributed by atoms with Crippen molar-refractivity contribution >= 4 is 29.4 Å². The van der Waals surface area contributed by atoms with E-state index < -0.39 is 0 Å². The van der Waals surface area contributed by atoms with Crippen LogP contribution in [0, 0.1) is 5.82 Å². The molecule has 0 unspecified atom stereocenters. The van der Waals surface area contributed by atoms with E-state index in [9.17, 15) is 9.18 Å². The van der Waals surface area contributed by atoms with Gasteiger partial charge in [-0.1, -0.05) is 36.4 Å². The number of ether oxygens (including phenoxy) is 4. The van der Waals surface area contributed by atoms with Gasteiger partial charge in [0.25, 0.3) is 0 Å². The molecular weight excluding hydrogens is 607 g/mol. The number of nitrogens with one attached hydrogen (secondary N) is 4. The maximum Gasteiger partial charge on any atom is 0.233 e. The number of carbonyl (C=O) groups is 1. The van der Waals surface area contributed by atoms with Crippen molar-refractivity contribution in [2.75, 3.05) is 69.7 Å². The second kappa shape index (κ2) is 18.8. The highest BCUT2D eigenvalue weighted by Crippen LogP contribution is 2.31. The van der Waals surface area contributed by atoms with Crippen LogP contribution in [-0.4, -0.2) is 74.6 Å². The van der Waals surface area contributed by atoms with Gasteiger partial charge in [0.2, 0.25) is 23.8 Å². The Morgan fingerprint density at radius 2 is 1.43 bits per heavy atom. The van der Waals surface area contributed by atoms with E-state index in [2.05, 4.69) is 36.2 Å². The third-order valence-electron chi connectivity index (χ3n) is 6.70. The average Bonchev–Trinajstić information content (AvgIpc) is 3.08. The molecule has 0 saturated heterocycles. The highest BCUT2D eigenvalue weighted by molar-refractivity contribution is 5.78. The van der Waals surface area contributed by atoms with E-state index in [0.717, 1.165) is 22.4 Å². The van der Waals surface area contributed by atoms with Gasteiger partial charge >= 0.3 is 0 Å². The first-order chi connectivity index (χ1) is 23.0. The topological polar surface area (TPSA) is 167 Å². The van der Waals surface area contributed by atoms with Crippen molar-refractivity contribution in [2.45, 2.75) is 19.5 Å². The number of nitrogens with zero attached hydrogens (tertiary/aromatic N) is 3. The predicted molar refractivity (Wildman–Crippen MR) is 178 cm³/mol. The molecule has 0 aliphatic carbocycles. The second-order valence-corrected chi connectivity index (χ2v) is 10.2. The van der Waals surface area contributed by atoms with Crippen LogP contribution in [0.4, 0.5) is 27.9 Å². The summed E-state index contributed by atoms with van der Waals surface area (Å²) in [6.45, 7) is 3.44. The Balaban J connectivity index is 1.38. The summed E-state index contributed by atoms with van der Waals surface area (Å²) in [7, 11) is 3.17. The van der Waals surface area contributed by atoms with Gasteiger partial charge < -0.3 is 45.9 Å². The van der Waals surface area contributed by atoms with Crippen molar-refractivity contribution in [1.82, 2.24) is 20.3 Å². The second-order valence-electron chi connectivity index (χ2n) is 10.2. The highest BCUT2D eigenvalue weighted by atomic mass is 19.1. The summed E-state index contributed by atoms with van der Waals surface area (Å²) < 4.78 is 35.0. The molecule has 0 atom stereocenters.